The van der Waals surface area contributed by atoms with E-state index < -0.39 is 5.97 Å². The number of aliphatic carboxylic acids is 1. The Hall–Kier alpha value is -1.31. The van der Waals surface area contributed by atoms with Gasteiger partial charge in [0.1, 0.15) is 0 Å². The number of allylic oxidation sites excluding steroid dienone is 5. The molecular weight excluding hydrogens is 476 g/mol. The van der Waals surface area contributed by atoms with E-state index in [2.05, 4.69) is 67.2 Å². The van der Waals surface area contributed by atoms with Gasteiger partial charge < -0.3 is 5.11 Å². The first-order valence-electron chi connectivity index (χ1n) is 16.5. The molecule has 0 aromatic carbocycles. The van der Waals surface area contributed by atoms with Gasteiger partial charge in [0, 0.05) is 0 Å². The lowest BCUT2D eigenvalue weighted by molar-refractivity contribution is -0.225. The van der Waals surface area contributed by atoms with Crippen molar-refractivity contribution in [3.05, 3.63) is 35.5 Å². The molecule has 0 spiro atoms. The fourth-order valence-electron chi connectivity index (χ4n) is 12.9. The summed E-state index contributed by atoms with van der Waals surface area (Å²) in [6, 6.07) is 0. The highest BCUT2D eigenvalue weighted by Gasteiger charge is 2.69. The molecule has 1 unspecified atom stereocenters. The van der Waals surface area contributed by atoms with Crippen LogP contribution < -0.4 is 0 Å². The van der Waals surface area contributed by atoms with Gasteiger partial charge in [0.15, 0.2) is 0 Å². The molecule has 2 nitrogen and oxygen atoms in total. The lowest BCUT2D eigenvalue weighted by Gasteiger charge is -2.72. The van der Waals surface area contributed by atoms with E-state index in [1.807, 2.05) is 0 Å². The SMILES string of the molecule is C=C(C)[C@@H]1CCC2(C)CC[C@]3(C)[C@H](CC[C@@H]4[C@@]5(C)CC=C(C6=CC[C@H](C(=O)O)CC6)C(C)(C)[C@@H]5CC[C@]43C)[C@@H]12. The number of fused-ring (bicyclic) bond motifs is 7. The van der Waals surface area contributed by atoms with Gasteiger partial charge in [0.05, 0.1) is 5.92 Å². The Bertz CT molecular complexity index is 1120. The number of hydrogen-bond acceptors (Lipinski definition) is 1. The third-order valence-electron chi connectivity index (χ3n) is 15.2. The highest BCUT2D eigenvalue weighted by atomic mass is 16.4. The van der Waals surface area contributed by atoms with Crippen LogP contribution in [0.5, 0.6) is 0 Å². The van der Waals surface area contributed by atoms with Crippen molar-refractivity contribution in [1.29, 1.82) is 0 Å². The molecule has 6 aliphatic rings. The molecule has 6 rings (SSSR count). The van der Waals surface area contributed by atoms with E-state index in [-0.39, 0.29) is 11.3 Å². The summed E-state index contributed by atoms with van der Waals surface area (Å²) >= 11 is 0. The van der Waals surface area contributed by atoms with Crippen LogP contribution in [0.15, 0.2) is 35.5 Å². The van der Waals surface area contributed by atoms with Crippen LogP contribution in [-0.2, 0) is 4.79 Å². The topological polar surface area (TPSA) is 37.3 Å². The maximum absolute atomic E-state index is 11.6. The predicted molar refractivity (Wildman–Crippen MR) is 161 cm³/mol. The summed E-state index contributed by atoms with van der Waals surface area (Å²) < 4.78 is 0. The smallest absolute Gasteiger partial charge is 0.306 e. The molecule has 39 heavy (non-hydrogen) atoms. The van der Waals surface area contributed by atoms with Crippen LogP contribution in [0.2, 0.25) is 0 Å². The summed E-state index contributed by atoms with van der Waals surface area (Å²) in [5.41, 5.74) is 6.32. The molecule has 0 amide bonds. The number of carboxylic acids is 1. The van der Waals surface area contributed by atoms with E-state index >= 15 is 0 Å². The van der Waals surface area contributed by atoms with Gasteiger partial charge in [0.25, 0.3) is 0 Å². The molecule has 0 aliphatic heterocycles. The fraction of sp³-hybridized carbons (Fsp3) is 0.811. The molecule has 0 aromatic rings. The van der Waals surface area contributed by atoms with E-state index in [1.54, 1.807) is 5.57 Å². The second-order valence-electron chi connectivity index (χ2n) is 16.9. The molecule has 0 radical (unpaired) electrons. The second-order valence-corrected chi connectivity index (χ2v) is 16.9. The zero-order valence-electron chi connectivity index (χ0n) is 26.2. The molecule has 6 aliphatic carbocycles. The lowest BCUT2D eigenvalue weighted by Crippen LogP contribution is -2.65. The Labute approximate surface area is 239 Å². The third kappa shape index (κ3) is 3.67. The average molecular weight is 533 g/mol. The zero-order chi connectivity index (χ0) is 28.2. The molecule has 0 heterocycles. The molecule has 1 N–H and O–H groups in total. The lowest BCUT2D eigenvalue weighted by atomic mass is 9.32. The van der Waals surface area contributed by atoms with Crippen LogP contribution in [0.25, 0.3) is 0 Å². The molecule has 0 bridgehead atoms. The molecule has 10 atom stereocenters. The third-order valence-corrected chi connectivity index (χ3v) is 15.2. The summed E-state index contributed by atoms with van der Waals surface area (Å²) in [6.45, 7) is 22.7. The summed E-state index contributed by atoms with van der Waals surface area (Å²) in [7, 11) is 0. The van der Waals surface area contributed by atoms with Crippen LogP contribution in [0, 0.1) is 62.6 Å². The maximum atomic E-state index is 11.6. The molecule has 4 fully saturated rings. The van der Waals surface area contributed by atoms with Crippen molar-refractivity contribution in [2.45, 2.75) is 126 Å². The number of rotatable bonds is 3. The minimum Gasteiger partial charge on any atom is -0.481 e. The van der Waals surface area contributed by atoms with Crippen molar-refractivity contribution < 1.29 is 9.90 Å². The standard InChI is InChI=1S/C37H56O2/c1-23(2)26-15-18-34(5)21-22-36(7)28(31(26)34)13-14-30-35(6)19-16-27(24-9-11-25(12-10-24)32(38)39)33(3,4)29(35)17-20-37(30,36)8/h9,16,25-26,28-31H,1,10-15,17-22H2,2-8H3,(H,38,39)/t25-,26-,28+,29-,30+,31+,34?,35-,36+,37+/m0/s1. The molecule has 0 aromatic heterocycles. The van der Waals surface area contributed by atoms with Crippen LogP contribution >= 0.6 is 0 Å². The average Bonchev–Trinajstić information content (AvgIpc) is 3.22. The summed E-state index contributed by atoms with van der Waals surface area (Å²) in [4.78, 5) is 11.6. The first-order chi connectivity index (χ1) is 18.2. The van der Waals surface area contributed by atoms with E-state index in [1.165, 1.54) is 68.9 Å². The first-order valence-corrected chi connectivity index (χ1v) is 16.5. The first kappa shape index (κ1) is 27.8. The van der Waals surface area contributed by atoms with Gasteiger partial charge in [-0.3, -0.25) is 4.79 Å². The largest absolute Gasteiger partial charge is 0.481 e. The fourth-order valence-corrected chi connectivity index (χ4v) is 12.9. The van der Waals surface area contributed by atoms with Crippen LogP contribution in [0.4, 0.5) is 0 Å². The van der Waals surface area contributed by atoms with Crippen molar-refractivity contribution in [2.24, 2.45) is 62.6 Å². The molecule has 2 heteroatoms. The van der Waals surface area contributed by atoms with E-state index in [9.17, 15) is 9.90 Å². The van der Waals surface area contributed by atoms with E-state index in [0.29, 0.717) is 34.0 Å². The highest BCUT2D eigenvalue weighted by Crippen LogP contribution is 2.77. The van der Waals surface area contributed by atoms with Crippen molar-refractivity contribution in [2.75, 3.05) is 0 Å². The minimum absolute atomic E-state index is 0.148. The Morgan fingerprint density at radius 3 is 2.26 bits per heavy atom. The van der Waals surface area contributed by atoms with Gasteiger partial charge in [-0.2, -0.15) is 0 Å². The van der Waals surface area contributed by atoms with Crippen LogP contribution in [0.1, 0.15) is 126 Å². The summed E-state index contributed by atoms with van der Waals surface area (Å²) in [5.74, 6) is 3.08. The Morgan fingerprint density at radius 2 is 1.62 bits per heavy atom. The number of carbonyl (C=O) groups is 1. The van der Waals surface area contributed by atoms with Gasteiger partial charge in [-0.1, -0.05) is 65.8 Å². The monoisotopic (exact) mass is 532 g/mol. The van der Waals surface area contributed by atoms with Crippen LogP contribution in [0.3, 0.4) is 0 Å². The minimum atomic E-state index is -0.624. The summed E-state index contributed by atoms with van der Waals surface area (Å²) in [6.07, 6.45) is 19.7. The Morgan fingerprint density at radius 1 is 0.872 bits per heavy atom. The quantitative estimate of drug-likeness (QED) is 0.367. The molecule has 0 saturated heterocycles. The van der Waals surface area contributed by atoms with Gasteiger partial charge in [-0.25, -0.2) is 0 Å². The maximum Gasteiger partial charge on any atom is 0.306 e. The van der Waals surface area contributed by atoms with Crippen LogP contribution in [-0.4, -0.2) is 11.1 Å². The van der Waals surface area contributed by atoms with Gasteiger partial charge >= 0.3 is 5.97 Å². The predicted octanol–water partition coefficient (Wildman–Crippen LogP) is 10.0. The van der Waals surface area contributed by atoms with Crippen molar-refractivity contribution >= 4 is 5.97 Å². The zero-order valence-corrected chi connectivity index (χ0v) is 26.2. The van der Waals surface area contributed by atoms with Crippen molar-refractivity contribution in [1.82, 2.24) is 0 Å². The highest BCUT2D eigenvalue weighted by molar-refractivity contribution is 5.70. The Balaban J connectivity index is 1.33. The van der Waals surface area contributed by atoms with E-state index in [0.717, 1.165) is 36.5 Å². The van der Waals surface area contributed by atoms with Crippen molar-refractivity contribution in [3.8, 4) is 0 Å². The number of carboxylic acid groups (broad SMARTS) is 1. The van der Waals surface area contributed by atoms with Crippen molar-refractivity contribution in [3.63, 3.8) is 0 Å². The van der Waals surface area contributed by atoms with Gasteiger partial charge in [-0.15, -0.1) is 0 Å². The van der Waals surface area contributed by atoms with Gasteiger partial charge in [0.2, 0.25) is 0 Å². The van der Waals surface area contributed by atoms with Gasteiger partial charge in [-0.05, 0) is 152 Å². The molecule has 216 valence electrons. The molecule has 4 saturated carbocycles. The normalized spacial score (nSPS) is 50.4. The number of hydrogen-bond donors (Lipinski definition) is 1. The Kier molecular flexibility index (Phi) is 6.31. The second kappa shape index (κ2) is 8.84. The molecular formula is C37H56O2. The summed E-state index contributed by atoms with van der Waals surface area (Å²) in [5, 5.41) is 9.52. The van der Waals surface area contributed by atoms with E-state index in [4.69, 9.17) is 0 Å².